The number of aliphatic hydroxyl groups excluding tert-OH is 3. The summed E-state index contributed by atoms with van der Waals surface area (Å²) in [5.41, 5.74) is 0.592. The van der Waals surface area contributed by atoms with Gasteiger partial charge in [0.2, 0.25) is 0 Å². The van der Waals surface area contributed by atoms with E-state index >= 15 is 0 Å². The average molecular weight is 271 g/mol. The molecule has 10 nitrogen and oxygen atoms in total. The molecule has 3 rings (SSSR count). The third-order valence-corrected chi connectivity index (χ3v) is 2.95. The molecule has 4 atom stereocenters. The molecule has 0 saturated carbocycles. The zero-order chi connectivity index (χ0) is 13.4. The maximum atomic E-state index is 9.74. The highest BCUT2D eigenvalue weighted by molar-refractivity contribution is 5.76. The van der Waals surface area contributed by atoms with Crippen molar-refractivity contribution < 1.29 is 24.9 Å². The molecule has 104 valence electrons. The molecule has 2 aliphatic heterocycles. The summed E-state index contributed by atoms with van der Waals surface area (Å²) in [5.74, 6) is 0.479. The standard InChI is InChI=1S/C9H13N5O5/c15-2-5-6(16)7(17)9(18-5)19-14-8-4(12-13-14)1-10-3-11-8/h3,5-7,9,15-17H,1-2H2,(H,10,11)/t5-,6-,7-,9+/m1/s1. The van der Waals surface area contributed by atoms with E-state index in [4.69, 9.17) is 14.7 Å². The van der Waals surface area contributed by atoms with Gasteiger partial charge in [0.1, 0.15) is 24.0 Å². The molecule has 1 aromatic rings. The quantitative estimate of drug-likeness (QED) is 0.460. The van der Waals surface area contributed by atoms with Crippen LogP contribution >= 0.6 is 0 Å². The molecule has 0 radical (unpaired) electrons. The second-order valence-electron chi connectivity index (χ2n) is 4.18. The van der Waals surface area contributed by atoms with Crippen molar-refractivity contribution in [3.05, 3.63) is 5.69 Å². The summed E-state index contributed by atoms with van der Waals surface area (Å²) in [6.07, 6.45) is -3.06. The number of hydrogen-bond acceptors (Lipinski definition) is 9. The van der Waals surface area contributed by atoms with Gasteiger partial charge in [0.15, 0.2) is 5.82 Å². The van der Waals surface area contributed by atoms with Crippen LogP contribution in [-0.4, -0.2) is 68.0 Å². The number of ether oxygens (including phenoxy) is 1. The van der Waals surface area contributed by atoms with Crippen molar-refractivity contribution in [2.24, 2.45) is 4.99 Å². The van der Waals surface area contributed by atoms with E-state index < -0.39 is 31.2 Å². The summed E-state index contributed by atoms with van der Waals surface area (Å²) in [4.78, 5) is 10.3. The minimum Gasteiger partial charge on any atom is -0.394 e. The van der Waals surface area contributed by atoms with Crippen molar-refractivity contribution in [1.29, 1.82) is 0 Å². The Labute approximate surface area is 107 Å². The third kappa shape index (κ3) is 2.04. The van der Waals surface area contributed by atoms with Crippen LogP contribution in [0, 0.1) is 0 Å². The van der Waals surface area contributed by atoms with Gasteiger partial charge >= 0.3 is 0 Å². The molecule has 1 saturated heterocycles. The molecule has 0 bridgehead atoms. The van der Waals surface area contributed by atoms with E-state index in [1.807, 2.05) is 0 Å². The summed E-state index contributed by atoms with van der Waals surface area (Å²) in [6, 6.07) is 0. The van der Waals surface area contributed by atoms with Gasteiger partial charge in [0, 0.05) is 0 Å². The number of aromatic nitrogens is 3. The maximum Gasteiger partial charge on any atom is 0.256 e. The van der Waals surface area contributed by atoms with Crippen LogP contribution in [0.2, 0.25) is 0 Å². The largest absolute Gasteiger partial charge is 0.394 e. The summed E-state index contributed by atoms with van der Waals surface area (Å²) < 4.78 is 5.18. The molecule has 2 aliphatic rings. The first-order chi connectivity index (χ1) is 9.20. The Morgan fingerprint density at radius 1 is 1.47 bits per heavy atom. The van der Waals surface area contributed by atoms with Crippen molar-refractivity contribution in [2.45, 2.75) is 31.1 Å². The second-order valence-corrected chi connectivity index (χ2v) is 4.18. The zero-order valence-corrected chi connectivity index (χ0v) is 9.75. The summed E-state index contributed by atoms with van der Waals surface area (Å²) in [6.45, 7) is -0.0415. The average Bonchev–Trinajstić information content (AvgIpc) is 2.96. The Balaban J connectivity index is 1.74. The molecule has 19 heavy (non-hydrogen) atoms. The van der Waals surface area contributed by atoms with Crippen LogP contribution in [0.1, 0.15) is 5.69 Å². The minimum absolute atomic E-state index is 0.377. The lowest BCUT2D eigenvalue weighted by Crippen LogP contribution is -2.39. The Morgan fingerprint density at radius 3 is 3.05 bits per heavy atom. The van der Waals surface area contributed by atoms with E-state index in [1.165, 1.54) is 6.34 Å². The van der Waals surface area contributed by atoms with Gasteiger partial charge in [-0.3, -0.25) is 4.99 Å². The fourth-order valence-electron chi connectivity index (χ4n) is 1.91. The predicted molar refractivity (Wildman–Crippen MR) is 60.2 cm³/mol. The molecular formula is C9H13N5O5. The van der Waals surface area contributed by atoms with Gasteiger partial charge < -0.3 is 30.2 Å². The lowest BCUT2D eigenvalue weighted by atomic mass is 10.1. The van der Waals surface area contributed by atoms with Crippen molar-refractivity contribution >= 4 is 12.2 Å². The Kier molecular flexibility index (Phi) is 3.06. The number of anilines is 1. The fraction of sp³-hybridized carbons (Fsp3) is 0.667. The molecule has 0 unspecified atom stereocenters. The van der Waals surface area contributed by atoms with Crippen molar-refractivity contribution in [1.82, 2.24) is 15.2 Å². The van der Waals surface area contributed by atoms with Crippen LogP contribution in [0.25, 0.3) is 0 Å². The molecule has 3 heterocycles. The van der Waals surface area contributed by atoms with Gasteiger partial charge in [-0.2, -0.15) is 0 Å². The van der Waals surface area contributed by atoms with E-state index in [9.17, 15) is 10.2 Å². The summed E-state index contributed by atoms with van der Waals surface area (Å²) in [7, 11) is 0. The lowest BCUT2D eigenvalue weighted by Gasteiger charge is -2.17. The van der Waals surface area contributed by atoms with E-state index in [2.05, 4.69) is 20.6 Å². The molecule has 1 aromatic heterocycles. The molecule has 1 fully saturated rings. The highest BCUT2D eigenvalue weighted by atomic mass is 16.8. The van der Waals surface area contributed by atoms with E-state index in [-0.39, 0.29) is 0 Å². The molecular weight excluding hydrogens is 258 g/mol. The second kappa shape index (κ2) is 4.74. The van der Waals surface area contributed by atoms with E-state index in [1.54, 1.807) is 0 Å². The fourth-order valence-corrected chi connectivity index (χ4v) is 1.91. The van der Waals surface area contributed by atoms with Crippen LogP contribution < -0.4 is 10.2 Å². The van der Waals surface area contributed by atoms with Crippen molar-refractivity contribution in [2.75, 3.05) is 11.9 Å². The first-order valence-corrected chi connectivity index (χ1v) is 5.69. The van der Waals surface area contributed by atoms with Gasteiger partial charge in [-0.1, -0.05) is 4.85 Å². The van der Waals surface area contributed by atoms with Crippen LogP contribution in [-0.2, 0) is 11.3 Å². The topological polar surface area (TPSA) is 134 Å². The number of hydrogen-bond donors (Lipinski definition) is 4. The number of nitrogens with one attached hydrogen (secondary N) is 1. The monoisotopic (exact) mass is 271 g/mol. The van der Waals surface area contributed by atoms with Crippen molar-refractivity contribution in [3.63, 3.8) is 0 Å². The zero-order valence-electron chi connectivity index (χ0n) is 9.75. The first kappa shape index (κ1) is 12.3. The molecule has 0 aliphatic carbocycles. The van der Waals surface area contributed by atoms with Gasteiger partial charge in [-0.05, 0) is 5.21 Å². The Bertz CT molecular complexity index is 491. The number of nitrogens with zero attached hydrogens (tertiary/aromatic N) is 4. The smallest absolute Gasteiger partial charge is 0.256 e. The van der Waals surface area contributed by atoms with Crippen LogP contribution in [0.4, 0.5) is 5.82 Å². The molecule has 4 N–H and O–H groups in total. The highest BCUT2D eigenvalue weighted by Gasteiger charge is 2.45. The lowest BCUT2D eigenvalue weighted by molar-refractivity contribution is -0.177. The number of aliphatic hydroxyl groups is 3. The first-order valence-electron chi connectivity index (χ1n) is 5.69. The van der Waals surface area contributed by atoms with E-state index in [0.29, 0.717) is 18.1 Å². The van der Waals surface area contributed by atoms with Gasteiger partial charge in [0.25, 0.3) is 6.29 Å². The Morgan fingerprint density at radius 2 is 2.32 bits per heavy atom. The maximum absolute atomic E-state index is 9.74. The molecule has 10 heteroatoms. The molecule has 0 spiro atoms. The number of rotatable bonds is 3. The van der Waals surface area contributed by atoms with Gasteiger partial charge in [-0.25, -0.2) is 0 Å². The summed E-state index contributed by atoms with van der Waals surface area (Å²) in [5, 5.41) is 38.7. The number of aliphatic imine (C=N–C) groups is 1. The summed E-state index contributed by atoms with van der Waals surface area (Å²) >= 11 is 0. The SMILES string of the molecule is OC[C@H]1O[C@@H](On2nnc3c2NC=NC3)[C@H](O)[C@@H]1O. The third-order valence-electron chi connectivity index (χ3n) is 2.95. The van der Waals surface area contributed by atoms with Gasteiger partial charge in [-0.15, -0.1) is 5.10 Å². The van der Waals surface area contributed by atoms with Crippen LogP contribution in [0.5, 0.6) is 0 Å². The predicted octanol–water partition coefficient (Wildman–Crippen LogP) is -2.90. The van der Waals surface area contributed by atoms with Crippen LogP contribution in [0.3, 0.4) is 0 Å². The van der Waals surface area contributed by atoms with Crippen molar-refractivity contribution in [3.8, 4) is 0 Å². The normalized spacial score (nSPS) is 33.0. The number of fused-ring (bicyclic) bond motifs is 1. The minimum atomic E-state index is -1.28. The Hall–Kier alpha value is -1.75. The molecule has 0 amide bonds. The van der Waals surface area contributed by atoms with Gasteiger partial charge in [0.05, 0.1) is 19.5 Å². The highest BCUT2D eigenvalue weighted by Crippen LogP contribution is 2.22. The van der Waals surface area contributed by atoms with Crippen LogP contribution in [0.15, 0.2) is 4.99 Å². The molecule has 0 aromatic carbocycles. The van der Waals surface area contributed by atoms with E-state index in [0.717, 1.165) is 4.85 Å².